The van der Waals surface area contributed by atoms with Crippen LogP contribution in [0.15, 0.2) is 31.1 Å². The molecule has 0 N–H and O–H groups in total. The van der Waals surface area contributed by atoms with Crippen LogP contribution in [0.4, 0.5) is 0 Å². The van der Waals surface area contributed by atoms with Crippen LogP contribution in [-0.4, -0.2) is 10.8 Å². The number of Topliss-reactive ketones (excluding diaryl/α,β-unsaturated/α-hetero) is 1. The predicted molar refractivity (Wildman–Crippen MR) is 50.6 cm³/mol. The smallest absolute Gasteiger partial charge is 0.168 e. The first kappa shape index (κ1) is 8.17. The molecule has 0 bridgehead atoms. The number of carbonyl (C=O) groups excluding carboxylic acids is 1. The average molecular weight is 173 g/mol. The van der Waals surface area contributed by atoms with E-state index in [1.54, 1.807) is 12.4 Å². The highest BCUT2D eigenvalue weighted by atomic mass is 16.1. The Morgan fingerprint density at radius 1 is 1.69 bits per heavy atom. The molecule has 0 aromatic carbocycles. The van der Waals surface area contributed by atoms with Crippen molar-refractivity contribution in [1.29, 1.82) is 0 Å². The molecule has 1 aliphatic carbocycles. The maximum Gasteiger partial charge on any atom is 0.168 e. The summed E-state index contributed by atoms with van der Waals surface area (Å²) in [5, 5.41) is 0. The van der Waals surface area contributed by atoms with Gasteiger partial charge in [-0.3, -0.25) is 9.78 Å². The average Bonchev–Trinajstić information content (AvgIpc) is 2.46. The minimum Gasteiger partial charge on any atom is -0.294 e. The van der Waals surface area contributed by atoms with Crippen molar-refractivity contribution in [2.75, 3.05) is 0 Å². The summed E-state index contributed by atoms with van der Waals surface area (Å²) in [4.78, 5) is 15.7. The molecule has 1 unspecified atom stereocenters. The lowest BCUT2D eigenvalue weighted by atomic mass is 10.0. The van der Waals surface area contributed by atoms with Crippen LogP contribution in [0.2, 0.25) is 0 Å². The first-order valence-electron chi connectivity index (χ1n) is 4.41. The van der Waals surface area contributed by atoms with Crippen molar-refractivity contribution in [1.82, 2.24) is 4.98 Å². The summed E-state index contributed by atoms with van der Waals surface area (Å²) < 4.78 is 0. The Morgan fingerprint density at radius 2 is 2.54 bits per heavy atom. The number of hydrogen-bond donors (Lipinski definition) is 0. The predicted octanol–water partition coefficient (Wildman–Crippen LogP) is 2.01. The lowest BCUT2D eigenvalue weighted by molar-refractivity contribution is 0.0937. The van der Waals surface area contributed by atoms with Crippen molar-refractivity contribution < 1.29 is 4.79 Å². The molecule has 0 spiro atoms. The highest BCUT2D eigenvalue weighted by molar-refractivity contribution is 6.01. The summed E-state index contributed by atoms with van der Waals surface area (Å²) in [6.07, 6.45) is 6.83. The molecule has 66 valence electrons. The summed E-state index contributed by atoms with van der Waals surface area (Å²) in [5.74, 6) is 0.333. The Hall–Kier alpha value is -1.44. The zero-order valence-corrected chi connectivity index (χ0v) is 7.36. The van der Waals surface area contributed by atoms with Gasteiger partial charge in [0.25, 0.3) is 0 Å². The van der Waals surface area contributed by atoms with Gasteiger partial charge in [0.05, 0.1) is 0 Å². The Balaban J connectivity index is 2.32. The molecule has 2 nitrogen and oxygen atoms in total. The summed E-state index contributed by atoms with van der Waals surface area (Å²) in [6, 6.07) is 1.93. The monoisotopic (exact) mass is 173 g/mol. The summed E-state index contributed by atoms with van der Waals surface area (Å²) in [7, 11) is 0. The van der Waals surface area contributed by atoms with Crippen molar-refractivity contribution in [3.05, 3.63) is 42.2 Å². The highest BCUT2D eigenvalue weighted by Crippen LogP contribution is 2.27. The molecule has 0 radical (unpaired) electrons. The number of ketones is 1. The second-order valence-corrected chi connectivity index (χ2v) is 3.32. The molecule has 0 fully saturated rings. The Bertz CT molecular complexity index is 357. The second kappa shape index (κ2) is 3.13. The number of aromatic nitrogens is 1. The molecule has 1 atom stereocenters. The normalized spacial score (nSPS) is 20.0. The van der Waals surface area contributed by atoms with Crippen LogP contribution >= 0.6 is 0 Å². The van der Waals surface area contributed by atoms with Gasteiger partial charge in [0, 0.05) is 23.9 Å². The first-order chi connectivity index (χ1) is 6.33. The van der Waals surface area contributed by atoms with Gasteiger partial charge in [-0.05, 0) is 24.5 Å². The number of allylic oxidation sites excluding steroid dienone is 1. The van der Waals surface area contributed by atoms with E-state index in [0.717, 1.165) is 24.0 Å². The van der Waals surface area contributed by atoms with Crippen LogP contribution in [0, 0.1) is 5.92 Å². The van der Waals surface area contributed by atoms with Crippen LogP contribution in [0.25, 0.3) is 0 Å². The second-order valence-electron chi connectivity index (χ2n) is 3.32. The van der Waals surface area contributed by atoms with Gasteiger partial charge >= 0.3 is 0 Å². The number of rotatable bonds is 2. The van der Waals surface area contributed by atoms with Gasteiger partial charge < -0.3 is 0 Å². The van der Waals surface area contributed by atoms with Gasteiger partial charge in [0.15, 0.2) is 5.78 Å². The van der Waals surface area contributed by atoms with E-state index in [1.807, 2.05) is 12.1 Å². The fraction of sp³-hybridized carbons (Fsp3) is 0.273. The van der Waals surface area contributed by atoms with Crippen molar-refractivity contribution in [3.8, 4) is 0 Å². The molecule has 13 heavy (non-hydrogen) atoms. The molecular formula is C11H11NO. The molecule has 1 aliphatic rings. The number of pyridine rings is 1. The van der Waals surface area contributed by atoms with Crippen LogP contribution in [-0.2, 0) is 6.42 Å². The lowest BCUT2D eigenvalue weighted by Gasteiger charge is -2.01. The minimum atomic E-state index is 0.108. The topological polar surface area (TPSA) is 30.0 Å². The molecule has 0 aliphatic heterocycles. The van der Waals surface area contributed by atoms with Crippen molar-refractivity contribution in [2.24, 2.45) is 5.92 Å². The van der Waals surface area contributed by atoms with Gasteiger partial charge in [0.2, 0.25) is 0 Å². The fourth-order valence-corrected chi connectivity index (χ4v) is 1.79. The summed E-state index contributed by atoms with van der Waals surface area (Å²) >= 11 is 0. The third-order valence-electron chi connectivity index (χ3n) is 2.47. The van der Waals surface area contributed by atoms with E-state index in [0.29, 0.717) is 0 Å². The van der Waals surface area contributed by atoms with Gasteiger partial charge in [-0.15, -0.1) is 6.58 Å². The molecule has 1 heterocycles. The van der Waals surface area contributed by atoms with Crippen molar-refractivity contribution >= 4 is 5.78 Å². The van der Waals surface area contributed by atoms with Gasteiger partial charge in [-0.2, -0.15) is 0 Å². The van der Waals surface area contributed by atoms with E-state index in [1.165, 1.54) is 0 Å². The first-order valence-corrected chi connectivity index (χ1v) is 4.41. The Morgan fingerprint density at radius 3 is 3.23 bits per heavy atom. The zero-order valence-electron chi connectivity index (χ0n) is 7.36. The standard InChI is InChI=1S/C11H11NO/c1-2-3-9-6-8-4-5-12-7-10(8)11(9)13/h2,4-5,7,9H,1,3,6H2. The van der Waals surface area contributed by atoms with Gasteiger partial charge in [0.1, 0.15) is 0 Å². The highest BCUT2D eigenvalue weighted by Gasteiger charge is 2.28. The molecule has 0 saturated carbocycles. The fourth-order valence-electron chi connectivity index (χ4n) is 1.79. The van der Waals surface area contributed by atoms with Crippen molar-refractivity contribution in [3.63, 3.8) is 0 Å². The molecule has 2 heteroatoms. The molecule has 0 amide bonds. The quantitative estimate of drug-likeness (QED) is 0.640. The maximum atomic E-state index is 11.7. The number of carbonyl (C=O) groups is 1. The van der Waals surface area contributed by atoms with E-state index in [9.17, 15) is 4.79 Å². The third-order valence-corrected chi connectivity index (χ3v) is 2.47. The van der Waals surface area contributed by atoms with E-state index < -0.39 is 0 Å². The molecule has 2 rings (SSSR count). The largest absolute Gasteiger partial charge is 0.294 e. The minimum absolute atomic E-state index is 0.108. The van der Waals surface area contributed by atoms with Gasteiger partial charge in [-0.1, -0.05) is 6.08 Å². The molecule has 1 aromatic heterocycles. The van der Waals surface area contributed by atoms with Crippen LogP contribution in [0.1, 0.15) is 22.3 Å². The number of fused-ring (bicyclic) bond motifs is 1. The van der Waals surface area contributed by atoms with E-state index in [-0.39, 0.29) is 11.7 Å². The SMILES string of the molecule is C=CCC1Cc2ccncc2C1=O. The third kappa shape index (κ3) is 1.28. The van der Waals surface area contributed by atoms with E-state index in [2.05, 4.69) is 11.6 Å². The van der Waals surface area contributed by atoms with E-state index in [4.69, 9.17) is 0 Å². The van der Waals surface area contributed by atoms with Crippen LogP contribution in [0.5, 0.6) is 0 Å². The van der Waals surface area contributed by atoms with E-state index >= 15 is 0 Å². The number of hydrogen-bond acceptors (Lipinski definition) is 2. The zero-order chi connectivity index (χ0) is 9.26. The molecular weight excluding hydrogens is 162 g/mol. The maximum absolute atomic E-state index is 11.7. The lowest BCUT2D eigenvalue weighted by Crippen LogP contribution is -2.07. The molecule has 1 aromatic rings. The molecule has 0 saturated heterocycles. The van der Waals surface area contributed by atoms with Gasteiger partial charge in [-0.25, -0.2) is 0 Å². The Labute approximate surface area is 77.3 Å². The van der Waals surface area contributed by atoms with Crippen LogP contribution < -0.4 is 0 Å². The number of nitrogens with zero attached hydrogens (tertiary/aromatic N) is 1. The summed E-state index contributed by atoms with van der Waals surface area (Å²) in [6.45, 7) is 3.65. The van der Waals surface area contributed by atoms with Crippen LogP contribution in [0.3, 0.4) is 0 Å². The van der Waals surface area contributed by atoms with Crippen molar-refractivity contribution in [2.45, 2.75) is 12.8 Å². The Kier molecular flexibility index (Phi) is 1.97. The summed E-state index contributed by atoms with van der Waals surface area (Å²) in [5.41, 5.74) is 1.93.